The molecule has 0 atom stereocenters. The predicted octanol–water partition coefficient (Wildman–Crippen LogP) is 5.21. The molecule has 2 aromatic rings. The maximum atomic E-state index is 11.5. The van der Waals surface area contributed by atoms with Gasteiger partial charge in [0.2, 0.25) is 0 Å². The van der Waals surface area contributed by atoms with Crippen LogP contribution in [0.25, 0.3) is 17.4 Å². The van der Waals surface area contributed by atoms with E-state index < -0.39 is 0 Å². The molecule has 0 radical (unpaired) electrons. The van der Waals surface area contributed by atoms with E-state index in [1.165, 1.54) is 5.49 Å². The highest BCUT2D eigenvalue weighted by atomic mass is 79.9. The van der Waals surface area contributed by atoms with Crippen molar-refractivity contribution in [3.63, 3.8) is 0 Å². The van der Waals surface area contributed by atoms with E-state index in [0.717, 1.165) is 15.8 Å². The van der Waals surface area contributed by atoms with E-state index in [2.05, 4.69) is 33.5 Å². The minimum atomic E-state index is -0.235. The zero-order valence-corrected chi connectivity index (χ0v) is 15.1. The summed E-state index contributed by atoms with van der Waals surface area (Å²) in [5.41, 5.74) is 2.70. The summed E-state index contributed by atoms with van der Waals surface area (Å²) in [7, 11) is 0. The zero-order chi connectivity index (χ0) is 16.5. The van der Waals surface area contributed by atoms with Crippen molar-refractivity contribution in [2.45, 2.75) is 20.8 Å². The predicted molar refractivity (Wildman–Crippen MR) is 98.6 cm³/mol. The van der Waals surface area contributed by atoms with Crippen molar-refractivity contribution in [2.75, 3.05) is 0 Å². The lowest BCUT2D eigenvalue weighted by Crippen LogP contribution is -2.20. The SMILES string of the molecule is C/C(=C/c1ccc(-c2ccc(Br)cc2)o1)C(=O)NC=S.CC. The van der Waals surface area contributed by atoms with E-state index in [1.54, 1.807) is 13.0 Å². The minimum absolute atomic E-state index is 0.235. The van der Waals surface area contributed by atoms with Crippen LogP contribution in [-0.4, -0.2) is 11.4 Å². The lowest BCUT2D eigenvalue weighted by molar-refractivity contribution is -0.115. The Kier molecular flexibility index (Phi) is 7.77. The largest absolute Gasteiger partial charge is 0.457 e. The van der Waals surface area contributed by atoms with Crippen LogP contribution in [0.5, 0.6) is 0 Å². The molecular weight excluding hydrogens is 362 g/mol. The Morgan fingerprint density at radius 2 is 1.82 bits per heavy atom. The van der Waals surface area contributed by atoms with Crippen LogP contribution in [0.4, 0.5) is 0 Å². The summed E-state index contributed by atoms with van der Waals surface area (Å²) in [6.07, 6.45) is 1.68. The Balaban J connectivity index is 0.00000116. The Morgan fingerprint density at radius 1 is 1.18 bits per heavy atom. The van der Waals surface area contributed by atoms with Crippen LogP contribution in [0.3, 0.4) is 0 Å². The van der Waals surface area contributed by atoms with Gasteiger partial charge in [-0.05, 0) is 37.3 Å². The lowest BCUT2D eigenvalue weighted by Gasteiger charge is -1.98. The van der Waals surface area contributed by atoms with Crippen molar-refractivity contribution in [3.05, 3.63) is 52.2 Å². The van der Waals surface area contributed by atoms with Crippen LogP contribution in [0.1, 0.15) is 26.5 Å². The van der Waals surface area contributed by atoms with E-state index in [1.807, 2.05) is 50.2 Å². The molecule has 0 aliphatic heterocycles. The highest BCUT2D eigenvalue weighted by Crippen LogP contribution is 2.24. The third-order valence-electron chi connectivity index (χ3n) is 2.66. The number of amides is 1. The van der Waals surface area contributed by atoms with Gasteiger partial charge in [-0.15, -0.1) is 0 Å². The Labute approximate surface area is 144 Å². The zero-order valence-electron chi connectivity index (χ0n) is 12.7. The Morgan fingerprint density at radius 3 is 2.41 bits per heavy atom. The number of hydrogen-bond donors (Lipinski definition) is 1. The van der Waals surface area contributed by atoms with E-state index in [0.29, 0.717) is 11.3 Å². The number of rotatable bonds is 4. The summed E-state index contributed by atoms with van der Waals surface area (Å²) in [4.78, 5) is 11.5. The first-order valence-electron chi connectivity index (χ1n) is 6.89. The van der Waals surface area contributed by atoms with Crippen molar-refractivity contribution in [3.8, 4) is 11.3 Å². The normalized spacial score (nSPS) is 10.5. The monoisotopic (exact) mass is 379 g/mol. The van der Waals surface area contributed by atoms with Gasteiger partial charge in [-0.25, -0.2) is 0 Å². The van der Waals surface area contributed by atoms with Gasteiger partial charge in [0.05, 0.1) is 5.49 Å². The van der Waals surface area contributed by atoms with Crippen LogP contribution in [0.15, 0.2) is 50.9 Å². The molecule has 3 nitrogen and oxygen atoms in total. The van der Waals surface area contributed by atoms with Crippen molar-refractivity contribution in [1.82, 2.24) is 5.32 Å². The number of carbonyl (C=O) groups excluding carboxylic acids is 1. The molecule has 5 heteroatoms. The first-order valence-corrected chi connectivity index (χ1v) is 8.15. The molecule has 0 saturated carbocycles. The fraction of sp³-hybridized carbons (Fsp3) is 0.176. The van der Waals surface area contributed by atoms with Gasteiger partial charge in [-0.1, -0.05) is 54.1 Å². The van der Waals surface area contributed by atoms with Gasteiger partial charge in [-0.3, -0.25) is 4.79 Å². The molecule has 0 aliphatic rings. The topological polar surface area (TPSA) is 42.2 Å². The van der Waals surface area contributed by atoms with Crippen molar-refractivity contribution < 1.29 is 9.21 Å². The maximum absolute atomic E-state index is 11.5. The molecule has 22 heavy (non-hydrogen) atoms. The molecule has 0 unspecified atom stereocenters. The molecule has 1 heterocycles. The number of nitrogens with one attached hydrogen (secondary N) is 1. The second-order valence-electron chi connectivity index (χ2n) is 4.13. The average Bonchev–Trinajstić information content (AvgIpc) is 2.98. The first kappa shape index (κ1) is 18.3. The van der Waals surface area contributed by atoms with E-state index in [9.17, 15) is 4.79 Å². The highest BCUT2D eigenvalue weighted by molar-refractivity contribution is 9.10. The van der Waals surface area contributed by atoms with Crippen molar-refractivity contribution in [1.29, 1.82) is 0 Å². The summed E-state index contributed by atoms with van der Waals surface area (Å²) in [5, 5.41) is 2.45. The van der Waals surface area contributed by atoms with Gasteiger partial charge in [0, 0.05) is 15.6 Å². The average molecular weight is 380 g/mol. The summed E-state index contributed by atoms with van der Waals surface area (Å²) in [6, 6.07) is 11.5. The lowest BCUT2D eigenvalue weighted by atomic mass is 10.2. The summed E-state index contributed by atoms with van der Waals surface area (Å²) >= 11 is 7.97. The maximum Gasteiger partial charge on any atom is 0.251 e. The summed E-state index contributed by atoms with van der Waals surface area (Å²) in [6.45, 7) is 5.70. The van der Waals surface area contributed by atoms with Gasteiger partial charge >= 0.3 is 0 Å². The molecule has 0 fully saturated rings. The van der Waals surface area contributed by atoms with E-state index in [-0.39, 0.29) is 5.91 Å². The second-order valence-corrected chi connectivity index (χ2v) is 5.28. The van der Waals surface area contributed by atoms with E-state index in [4.69, 9.17) is 4.42 Å². The van der Waals surface area contributed by atoms with Crippen LogP contribution in [0.2, 0.25) is 0 Å². The molecule has 0 spiro atoms. The molecule has 0 aliphatic carbocycles. The van der Waals surface area contributed by atoms with Crippen LogP contribution in [-0.2, 0) is 4.79 Å². The molecular formula is C17H18BrNO2S. The van der Waals surface area contributed by atoms with Gasteiger partial charge < -0.3 is 9.73 Å². The van der Waals surface area contributed by atoms with Gasteiger partial charge in [0.1, 0.15) is 11.5 Å². The van der Waals surface area contributed by atoms with Crippen molar-refractivity contribution >= 4 is 45.6 Å². The Bertz CT molecular complexity index is 660. The molecule has 0 bridgehead atoms. The number of halogens is 1. The molecule has 116 valence electrons. The minimum Gasteiger partial charge on any atom is -0.457 e. The standard InChI is InChI=1S/C15H12BrNO2S.C2H6/c1-10(15(18)17-9-20)8-13-6-7-14(19-13)11-2-4-12(16)5-3-11;1-2/h2-9H,1H3,(H,17,18,20);1-2H3/b10-8-;. The quantitative estimate of drug-likeness (QED) is 0.585. The summed E-state index contributed by atoms with van der Waals surface area (Å²) < 4.78 is 6.72. The first-order chi connectivity index (χ1) is 10.6. The van der Waals surface area contributed by atoms with Gasteiger partial charge in [0.25, 0.3) is 5.91 Å². The third kappa shape index (κ3) is 5.24. The smallest absolute Gasteiger partial charge is 0.251 e. The van der Waals surface area contributed by atoms with Crippen LogP contribution in [0, 0.1) is 0 Å². The molecule has 0 saturated heterocycles. The van der Waals surface area contributed by atoms with Gasteiger partial charge in [0.15, 0.2) is 0 Å². The van der Waals surface area contributed by atoms with Crippen LogP contribution >= 0.6 is 28.1 Å². The van der Waals surface area contributed by atoms with Crippen LogP contribution < -0.4 is 5.32 Å². The molecule has 1 aromatic heterocycles. The van der Waals surface area contributed by atoms with Gasteiger partial charge in [-0.2, -0.15) is 0 Å². The number of carbonyl (C=O) groups is 1. The van der Waals surface area contributed by atoms with Crippen molar-refractivity contribution in [2.24, 2.45) is 0 Å². The Hall–Kier alpha value is -1.72. The molecule has 1 amide bonds. The third-order valence-corrected chi connectivity index (χ3v) is 3.31. The number of furan rings is 1. The fourth-order valence-corrected chi connectivity index (χ4v) is 2.02. The summed E-state index contributed by atoms with van der Waals surface area (Å²) in [5.74, 6) is 1.15. The number of benzene rings is 1. The molecule has 2 rings (SSSR count). The molecule has 1 aromatic carbocycles. The number of hydrogen-bond acceptors (Lipinski definition) is 3. The highest BCUT2D eigenvalue weighted by Gasteiger charge is 2.06. The fourth-order valence-electron chi connectivity index (χ4n) is 1.65. The second kappa shape index (κ2) is 9.33. The number of thiocarbonyl (C=S) groups is 1. The molecule has 1 N–H and O–H groups in total. The van der Waals surface area contributed by atoms with E-state index >= 15 is 0 Å².